The van der Waals surface area contributed by atoms with Gasteiger partial charge in [-0.1, -0.05) is 6.92 Å². The molecule has 0 aromatic carbocycles. The van der Waals surface area contributed by atoms with Gasteiger partial charge < -0.3 is 13.8 Å². The molecule has 0 heterocycles. The molecule has 0 aliphatic heterocycles. The van der Waals surface area contributed by atoms with Gasteiger partial charge >= 0.3 is 0 Å². The van der Waals surface area contributed by atoms with Crippen LogP contribution in [-0.2, 0) is 21.1 Å². The fourth-order valence-electron chi connectivity index (χ4n) is 0.515. The quantitative estimate of drug-likeness (QED) is 0.597. The summed E-state index contributed by atoms with van der Waals surface area (Å²) in [6.07, 6.45) is 8.33. The van der Waals surface area contributed by atoms with Crippen molar-refractivity contribution in [2.45, 2.75) is 27.2 Å². The molecule has 0 bridgehead atoms. The van der Waals surface area contributed by atoms with Crippen LogP contribution in [0.15, 0.2) is 17.7 Å². The predicted octanol–water partition coefficient (Wildman–Crippen LogP) is 3.37. The van der Waals surface area contributed by atoms with E-state index in [0.717, 1.165) is 6.42 Å². The van der Waals surface area contributed by atoms with Crippen LogP contribution in [0, 0.1) is 19.9 Å². The molecule has 0 amide bonds. The number of hydrogen-bond donors (Lipinski definition) is 0. The third-order valence-corrected chi connectivity index (χ3v) is 0.867. The van der Waals surface area contributed by atoms with Crippen molar-refractivity contribution >= 4 is 0 Å². The molecule has 0 fully saturated rings. The molecular formula is C10H17Pt-3. The summed E-state index contributed by atoms with van der Waals surface area (Å²) in [5, 5.41) is 0. The first-order valence-corrected chi connectivity index (χ1v) is 3.55. The van der Waals surface area contributed by atoms with E-state index in [1.165, 1.54) is 5.57 Å². The van der Waals surface area contributed by atoms with Crippen molar-refractivity contribution in [2.75, 3.05) is 0 Å². The molecule has 1 aliphatic carbocycles. The van der Waals surface area contributed by atoms with Crippen LogP contribution in [-0.4, -0.2) is 0 Å². The summed E-state index contributed by atoms with van der Waals surface area (Å²) in [5.74, 6) is 0. The van der Waals surface area contributed by atoms with Crippen molar-refractivity contribution < 1.29 is 21.1 Å². The summed E-state index contributed by atoms with van der Waals surface area (Å²) in [5.41, 5.74) is 1.27. The van der Waals surface area contributed by atoms with Gasteiger partial charge in [-0.15, -0.1) is 6.42 Å². The Morgan fingerprint density at radius 2 is 1.73 bits per heavy atom. The van der Waals surface area contributed by atoms with E-state index in [4.69, 9.17) is 0 Å². The summed E-state index contributed by atoms with van der Waals surface area (Å²) in [7, 11) is 0. The van der Waals surface area contributed by atoms with Gasteiger partial charge in [0.2, 0.25) is 0 Å². The third-order valence-electron chi connectivity index (χ3n) is 0.867. The van der Waals surface area contributed by atoms with Gasteiger partial charge in [0.05, 0.1) is 0 Å². The van der Waals surface area contributed by atoms with Crippen molar-refractivity contribution in [1.82, 2.24) is 0 Å². The molecule has 1 aliphatic rings. The van der Waals surface area contributed by atoms with Crippen molar-refractivity contribution in [3.05, 3.63) is 37.6 Å². The first-order valence-electron chi connectivity index (χ1n) is 3.55. The average Bonchev–Trinajstić information content (AvgIpc) is 2.48. The second-order valence-corrected chi connectivity index (χ2v) is 1.47. The van der Waals surface area contributed by atoms with Gasteiger partial charge in [-0.3, -0.25) is 6.08 Å². The summed E-state index contributed by atoms with van der Waals surface area (Å²) < 4.78 is 0. The van der Waals surface area contributed by atoms with Crippen molar-refractivity contribution in [2.24, 2.45) is 0 Å². The second-order valence-electron chi connectivity index (χ2n) is 1.47. The Hall–Kier alpha value is 0.168. The summed E-state index contributed by atoms with van der Waals surface area (Å²) in [6.45, 7) is 12.1. The predicted molar refractivity (Wildman–Crippen MR) is 48.2 cm³/mol. The van der Waals surface area contributed by atoms with Crippen LogP contribution < -0.4 is 0 Å². The van der Waals surface area contributed by atoms with E-state index in [0.29, 0.717) is 0 Å². The van der Waals surface area contributed by atoms with E-state index in [1.54, 1.807) is 13.8 Å². The van der Waals surface area contributed by atoms with Crippen molar-refractivity contribution in [3.8, 4) is 0 Å². The van der Waals surface area contributed by atoms with Gasteiger partial charge in [-0.2, -0.15) is 19.9 Å². The Morgan fingerprint density at radius 3 is 1.82 bits per heavy atom. The number of rotatable bonds is 0. The van der Waals surface area contributed by atoms with Crippen LogP contribution in [0.2, 0.25) is 0 Å². The number of hydrogen-bond acceptors (Lipinski definition) is 0. The molecule has 0 saturated carbocycles. The number of allylic oxidation sites excluding steroid dienone is 4. The fraction of sp³-hybridized carbons (Fsp3) is 0.400. The maximum Gasteiger partial charge on any atom is 0 e. The van der Waals surface area contributed by atoms with Crippen LogP contribution in [0.5, 0.6) is 0 Å². The van der Waals surface area contributed by atoms with Gasteiger partial charge in [0.15, 0.2) is 0 Å². The van der Waals surface area contributed by atoms with Crippen LogP contribution in [0.3, 0.4) is 0 Å². The van der Waals surface area contributed by atoms with Crippen LogP contribution in [0.4, 0.5) is 0 Å². The molecule has 0 spiro atoms. The summed E-state index contributed by atoms with van der Waals surface area (Å²) in [4.78, 5) is 0. The van der Waals surface area contributed by atoms with E-state index >= 15 is 0 Å². The van der Waals surface area contributed by atoms with Crippen molar-refractivity contribution in [1.29, 1.82) is 0 Å². The first-order chi connectivity index (χ1) is 4.89. The normalized spacial score (nSPS) is 11.2. The Kier molecular flexibility index (Phi) is 26.2. The summed E-state index contributed by atoms with van der Waals surface area (Å²) in [6, 6.07) is 0. The Balaban J connectivity index is -0.000000114. The Bertz CT molecular complexity index is 98.7. The van der Waals surface area contributed by atoms with E-state index < -0.39 is 0 Å². The molecule has 70 valence electrons. The molecule has 11 heavy (non-hydrogen) atoms. The van der Waals surface area contributed by atoms with Gasteiger partial charge in [-0.25, -0.2) is 11.6 Å². The minimum absolute atomic E-state index is 0. The zero-order chi connectivity index (χ0) is 8.41. The average molecular weight is 332 g/mol. The Labute approximate surface area is 86.0 Å². The van der Waals surface area contributed by atoms with Crippen LogP contribution >= 0.6 is 0 Å². The van der Waals surface area contributed by atoms with Crippen LogP contribution in [0.25, 0.3) is 0 Å². The van der Waals surface area contributed by atoms with E-state index in [2.05, 4.69) is 39.0 Å². The van der Waals surface area contributed by atoms with Gasteiger partial charge in [0, 0.05) is 21.1 Å². The van der Waals surface area contributed by atoms with E-state index in [1.807, 2.05) is 0 Å². The minimum atomic E-state index is 0. The van der Waals surface area contributed by atoms with Gasteiger partial charge in [-0.05, 0) is 0 Å². The molecule has 0 atom stereocenters. The SMILES string of the molecule is CC1=[C-]CC=C1.[CH2-]C.[CH2-]C.[Pt]. The summed E-state index contributed by atoms with van der Waals surface area (Å²) >= 11 is 0. The topological polar surface area (TPSA) is 0 Å². The molecule has 0 aromatic heterocycles. The largest absolute Gasteiger partial charge is 0.346 e. The molecule has 1 heteroatoms. The van der Waals surface area contributed by atoms with E-state index in [9.17, 15) is 0 Å². The maximum absolute atomic E-state index is 3.25. The van der Waals surface area contributed by atoms with Crippen LogP contribution in [0.1, 0.15) is 27.2 Å². The minimum Gasteiger partial charge on any atom is -0.346 e. The maximum atomic E-state index is 3.25. The zero-order valence-corrected chi connectivity index (χ0v) is 9.86. The zero-order valence-electron chi connectivity index (χ0n) is 7.59. The van der Waals surface area contributed by atoms with E-state index in [-0.39, 0.29) is 21.1 Å². The van der Waals surface area contributed by atoms with Gasteiger partial charge in [0.25, 0.3) is 0 Å². The molecule has 0 nitrogen and oxygen atoms in total. The molecular weight excluding hydrogens is 315 g/mol. The Morgan fingerprint density at radius 1 is 1.27 bits per heavy atom. The molecule has 0 saturated heterocycles. The standard InChI is InChI=1S/C6H7.2C2H5.Pt/c1-6-4-2-3-5-6;2*1-2;/h2,4H,3H2,1H3;2*1H2,2H3;/q3*-1;. The third kappa shape index (κ3) is 13.2. The van der Waals surface area contributed by atoms with Gasteiger partial charge in [0.1, 0.15) is 0 Å². The molecule has 0 unspecified atom stereocenters. The smallest absolute Gasteiger partial charge is 0 e. The second kappa shape index (κ2) is 16.6. The van der Waals surface area contributed by atoms with Crippen molar-refractivity contribution in [3.63, 3.8) is 0 Å². The molecule has 0 radical (unpaired) electrons. The molecule has 1 rings (SSSR count). The first kappa shape index (κ1) is 17.3. The fourth-order valence-corrected chi connectivity index (χ4v) is 0.515. The monoisotopic (exact) mass is 332 g/mol. The molecule has 0 aromatic rings. The molecule has 0 N–H and O–H groups in total.